The minimum Gasteiger partial charge on any atom is -0.457 e. The largest absolute Gasteiger partial charge is 0.457 e. The van der Waals surface area contributed by atoms with E-state index in [0.29, 0.717) is 10.0 Å². The Bertz CT molecular complexity index is 656. The van der Waals surface area contributed by atoms with Gasteiger partial charge in [0.05, 0.1) is 5.56 Å². The van der Waals surface area contributed by atoms with Crippen LogP contribution in [0.2, 0.25) is 10.0 Å². The quantitative estimate of drug-likeness (QED) is 0.681. The molecule has 0 aliphatic heterocycles. The van der Waals surface area contributed by atoms with Crippen LogP contribution in [0.25, 0.3) is 0 Å². The maximum Gasteiger partial charge on any atom is 0.340 e. The Morgan fingerprint density at radius 3 is 2.60 bits per heavy atom. The lowest BCUT2D eigenvalue weighted by molar-refractivity contribution is 0.0474. The second kappa shape index (κ2) is 6.16. The molecule has 0 aliphatic carbocycles. The second-order valence-electron chi connectivity index (χ2n) is 4.40. The molecule has 0 atom stereocenters. The van der Waals surface area contributed by atoms with Gasteiger partial charge >= 0.3 is 5.97 Å². The lowest BCUT2D eigenvalue weighted by Gasteiger charge is -2.09. The smallest absolute Gasteiger partial charge is 0.340 e. The zero-order valence-electron chi connectivity index (χ0n) is 10.8. The van der Waals surface area contributed by atoms with Gasteiger partial charge in [-0.2, -0.15) is 0 Å². The lowest BCUT2D eigenvalue weighted by Crippen LogP contribution is -2.08. The molecule has 3 nitrogen and oxygen atoms in total. The summed E-state index contributed by atoms with van der Waals surface area (Å²) in [6.45, 7) is 2.04. The van der Waals surface area contributed by atoms with E-state index in [2.05, 4.69) is 0 Å². The van der Waals surface area contributed by atoms with Crippen LogP contribution in [0.4, 0.5) is 5.69 Å². The Morgan fingerprint density at radius 2 is 1.95 bits per heavy atom. The summed E-state index contributed by atoms with van der Waals surface area (Å²) in [7, 11) is 0. The van der Waals surface area contributed by atoms with Gasteiger partial charge < -0.3 is 10.5 Å². The van der Waals surface area contributed by atoms with Crippen molar-refractivity contribution in [1.82, 2.24) is 0 Å². The van der Waals surface area contributed by atoms with E-state index >= 15 is 0 Å². The van der Waals surface area contributed by atoms with Gasteiger partial charge in [-0.15, -0.1) is 0 Å². The third-order valence-electron chi connectivity index (χ3n) is 2.80. The number of esters is 1. The number of anilines is 1. The Labute approximate surface area is 127 Å². The SMILES string of the molecule is Cc1ccc(COC(=O)c2ccc(Cl)cc2N)c(Cl)c1. The average Bonchev–Trinajstić information content (AvgIpc) is 2.37. The topological polar surface area (TPSA) is 52.3 Å². The maximum absolute atomic E-state index is 11.9. The summed E-state index contributed by atoms with van der Waals surface area (Å²) in [5, 5.41) is 1.04. The van der Waals surface area contributed by atoms with Gasteiger partial charge in [0.2, 0.25) is 0 Å². The maximum atomic E-state index is 11.9. The van der Waals surface area contributed by atoms with E-state index in [1.807, 2.05) is 25.1 Å². The molecule has 2 aromatic carbocycles. The molecule has 0 bridgehead atoms. The van der Waals surface area contributed by atoms with Crippen molar-refractivity contribution in [3.05, 3.63) is 63.1 Å². The number of ether oxygens (including phenoxy) is 1. The molecule has 0 amide bonds. The summed E-state index contributed by atoms with van der Waals surface area (Å²) < 4.78 is 5.21. The molecule has 2 N–H and O–H groups in total. The molecule has 0 aromatic heterocycles. The fourth-order valence-electron chi connectivity index (χ4n) is 1.71. The fourth-order valence-corrected chi connectivity index (χ4v) is 2.18. The highest BCUT2D eigenvalue weighted by molar-refractivity contribution is 6.31. The molecule has 0 spiro atoms. The zero-order chi connectivity index (χ0) is 14.7. The molecule has 104 valence electrons. The first-order chi connectivity index (χ1) is 9.47. The molecular formula is C15H13Cl2NO2. The molecule has 2 aromatic rings. The van der Waals surface area contributed by atoms with Crippen LogP contribution in [0.3, 0.4) is 0 Å². The molecule has 20 heavy (non-hydrogen) atoms. The van der Waals surface area contributed by atoms with Gasteiger partial charge in [-0.25, -0.2) is 4.79 Å². The molecule has 2 rings (SSSR count). The Hall–Kier alpha value is -1.71. The third-order valence-corrected chi connectivity index (χ3v) is 3.39. The van der Waals surface area contributed by atoms with Crippen molar-refractivity contribution in [1.29, 1.82) is 0 Å². The first kappa shape index (κ1) is 14.7. The number of carbonyl (C=O) groups excluding carboxylic acids is 1. The summed E-state index contributed by atoms with van der Waals surface area (Å²) in [6, 6.07) is 10.2. The van der Waals surface area contributed by atoms with Crippen molar-refractivity contribution < 1.29 is 9.53 Å². The van der Waals surface area contributed by atoms with Gasteiger partial charge in [-0.3, -0.25) is 0 Å². The monoisotopic (exact) mass is 309 g/mol. The van der Waals surface area contributed by atoms with Gasteiger partial charge in [-0.05, 0) is 36.8 Å². The van der Waals surface area contributed by atoms with Crippen LogP contribution in [-0.4, -0.2) is 5.97 Å². The van der Waals surface area contributed by atoms with Crippen molar-refractivity contribution in [3.8, 4) is 0 Å². The molecule has 0 unspecified atom stereocenters. The van der Waals surface area contributed by atoms with Crippen LogP contribution in [0.1, 0.15) is 21.5 Å². The fraction of sp³-hybridized carbons (Fsp3) is 0.133. The molecule has 5 heteroatoms. The number of hydrogen-bond donors (Lipinski definition) is 1. The van der Waals surface area contributed by atoms with Crippen molar-refractivity contribution in [2.24, 2.45) is 0 Å². The summed E-state index contributed by atoms with van der Waals surface area (Å²) in [5.74, 6) is -0.504. The average molecular weight is 310 g/mol. The predicted octanol–water partition coefficient (Wildman–Crippen LogP) is 4.24. The van der Waals surface area contributed by atoms with E-state index in [9.17, 15) is 4.79 Å². The highest BCUT2D eigenvalue weighted by Crippen LogP contribution is 2.21. The first-order valence-electron chi connectivity index (χ1n) is 5.94. The van der Waals surface area contributed by atoms with E-state index < -0.39 is 5.97 Å². The molecule has 0 fully saturated rings. The van der Waals surface area contributed by atoms with Crippen LogP contribution in [-0.2, 0) is 11.3 Å². The number of halogens is 2. The molecule has 0 saturated carbocycles. The van der Waals surface area contributed by atoms with Gasteiger partial charge in [-0.1, -0.05) is 35.3 Å². The first-order valence-corrected chi connectivity index (χ1v) is 6.70. The van der Waals surface area contributed by atoms with Crippen molar-refractivity contribution in [2.45, 2.75) is 13.5 Å². The molecular weight excluding hydrogens is 297 g/mol. The normalized spacial score (nSPS) is 10.3. The number of nitrogens with two attached hydrogens (primary N) is 1. The van der Waals surface area contributed by atoms with Crippen LogP contribution in [0.15, 0.2) is 36.4 Å². The number of rotatable bonds is 3. The number of carbonyl (C=O) groups is 1. The minimum atomic E-state index is -0.504. The summed E-state index contributed by atoms with van der Waals surface area (Å²) in [5.41, 5.74) is 8.10. The minimum absolute atomic E-state index is 0.0972. The lowest BCUT2D eigenvalue weighted by atomic mass is 10.1. The Kier molecular flexibility index (Phi) is 4.53. The summed E-state index contributed by atoms with van der Waals surface area (Å²) in [6.07, 6.45) is 0. The van der Waals surface area contributed by atoms with Crippen LogP contribution >= 0.6 is 23.2 Å². The van der Waals surface area contributed by atoms with Crippen LogP contribution < -0.4 is 5.73 Å². The van der Waals surface area contributed by atoms with E-state index in [-0.39, 0.29) is 17.9 Å². The van der Waals surface area contributed by atoms with Gasteiger partial charge in [0, 0.05) is 21.3 Å². The van der Waals surface area contributed by atoms with E-state index in [4.69, 9.17) is 33.7 Å². The van der Waals surface area contributed by atoms with Crippen molar-refractivity contribution in [3.63, 3.8) is 0 Å². The molecule has 0 aliphatic rings. The van der Waals surface area contributed by atoms with Gasteiger partial charge in [0.1, 0.15) is 6.61 Å². The summed E-state index contributed by atoms with van der Waals surface area (Å²) in [4.78, 5) is 11.9. The highest BCUT2D eigenvalue weighted by Gasteiger charge is 2.12. The number of hydrogen-bond acceptors (Lipinski definition) is 3. The van der Waals surface area contributed by atoms with Crippen molar-refractivity contribution in [2.75, 3.05) is 5.73 Å². The Balaban J connectivity index is 2.08. The third kappa shape index (κ3) is 3.44. The van der Waals surface area contributed by atoms with E-state index in [0.717, 1.165) is 11.1 Å². The second-order valence-corrected chi connectivity index (χ2v) is 5.25. The highest BCUT2D eigenvalue weighted by atomic mass is 35.5. The molecule has 0 heterocycles. The van der Waals surface area contributed by atoms with Crippen LogP contribution in [0, 0.1) is 6.92 Å². The van der Waals surface area contributed by atoms with Gasteiger partial charge in [0.15, 0.2) is 0 Å². The van der Waals surface area contributed by atoms with Crippen LogP contribution in [0.5, 0.6) is 0 Å². The number of nitrogen functional groups attached to an aromatic ring is 1. The van der Waals surface area contributed by atoms with E-state index in [1.54, 1.807) is 6.07 Å². The predicted molar refractivity (Wildman–Crippen MR) is 81.2 cm³/mol. The number of aryl methyl sites for hydroxylation is 1. The van der Waals surface area contributed by atoms with Gasteiger partial charge in [0.25, 0.3) is 0 Å². The summed E-state index contributed by atoms with van der Waals surface area (Å²) >= 11 is 11.9. The van der Waals surface area contributed by atoms with Crippen molar-refractivity contribution >= 4 is 34.9 Å². The zero-order valence-corrected chi connectivity index (χ0v) is 12.3. The number of benzene rings is 2. The molecule has 0 saturated heterocycles. The molecule has 0 radical (unpaired) electrons. The Morgan fingerprint density at radius 1 is 1.20 bits per heavy atom. The standard InChI is InChI=1S/C15H13Cl2NO2/c1-9-2-3-10(13(17)6-9)8-20-15(19)12-5-4-11(16)7-14(12)18/h2-7H,8,18H2,1H3. The van der Waals surface area contributed by atoms with E-state index in [1.165, 1.54) is 12.1 Å².